The van der Waals surface area contributed by atoms with Crippen LogP contribution in [-0.2, 0) is 4.79 Å². The Morgan fingerprint density at radius 3 is 2.82 bits per heavy atom. The zero-order valence-corrected chi connectivity index (χ0v) is 9.49. The molecule has 7 heteroatoms. The Hall–Kier alpha value is -2.15. The summed E-state index contributed by atoms with van der Waals surface area (Å²) in [5, 5.41) is 5.06. The number of anilines is 1. The normalized spacial score (nSPS) is 9.53. The lowest BCUT2D eigenvalue weighted by molar-refractivity contribution is -0.120. The van der Waals surface area contributed by atoms with E-state index in [1.54, 1.807) is 0 Å². The molecule has 0 aliphatic heterocycles. The first kappa shape index (κ1) is 12.9. The predicted molar refractivity (Wildman–Crippen MR) is 63.1 cm³/mol. The first-order valence-corrected chi connectivity index (χ1v) is 5.15. The maximum atomic E-state index is 11.6. The molecule has 0 atom stereocenters. The molecular formula is C10H15N5O2. The number of rotatable bonds is 5. The van der Waals surface area contributed by atoms with E-state index in [0.29, 0.717) is 17.9 Å². The zero-order chi connectivity index (χ0) is 12.7. The monoisotopic (exact) mass is 237 g/mol. The van der Waals surface area contributed by atoms with Gasteiger partial charge in [-0.15, -0.1) is 0 Å². The summed E-state index contributed by atoms with van der Waals surface area (Å²) in [5.74, 6) is 4.98. The van der Waals surface area contributed by atoms with E-state index in [1.165, 1.54) is 18.3 Å². The molecule has 1 heterocycles. The molecule has 7 nitrogen and oxygen atoms in total. The predicted octanol–water partition coefficient (Wildman–Crippen LogP) is -0.767. The fraction of sp³-hybridized carbons (Fsp3) is 0.300. The van der Waals surface area contributed by atoms with Crippen molar-refractivity contribution in [1.29, 1.82) is 0 Å². The van der Waals surface area contributed by atoms with Gasteiger partial charge in [-0.3, -0.25) is 9.59 Å². The number of nitrogens with two attached hydrogens (primary N) is 1. The van der Waals surface area contributed by atoms with Crippen LogP contribution in [0.4, 0.5) is 5.82 Å². The topological polar surface area (TPSA) is 109 Å². The average molecular weight is 237 g/mol. The molecule has 92 valence electrons. The number of likely N-dealkylation sites (N-methyl/N-ethyl adjacent to an activating group) is 1. The quantitative estimate of drug-likeness (QED) is 0.397. The molecule has 1 aromatic rings. The second-order valence-electron chi connectivity index (χ2n) is 3.21. The van der Waals surface area contributed by atoms with Gasteiger partial charge in [-0.1, -0.05) is 0 Å². The Labute approximate surface area is 98.8 Å². The molecule has 0 fully saturated rings. The van der Waals surface area contributed by atoms with Crippen LogP contribution < -0.4 is 21.9 Å². The van der Waals surface area contributed by atoms with Crippen LogP contribution in [0.25, 0.3) is 0 Å². The number of hydrogen-bond acceptors (Lipinski definition) is 5. The van der Waals surface area contributed by atoms with E-state index in [-0.39, 0.29) is 18.4 Å². The van der Waals surface area contributed by atoms with Crippen LogP contribution in [0, 0.1) is 0 Å². The highest BCUT2D eigenvalue weighted by molar-refractivity contribution is 5.96. The molecule has 2 amide bonds. The van der Waals surface area contributed by atoms with E-state index in [9.17, 15) is 9.59 Å². The summed E-state index contributed by atoms with van der Waals surface area (Å²) < 4.78 is 0. The second kappa shape index (κ2) is 6.44. The first-order valence-electron chi connectivity index (χ1n) is 5.15. The van der Waals surface area contributed by atoms with E-state index in [2.05, 4.69) is 21.0 Å². The van der Waals surface area contributed by atoms with E-state index in [0.717, 1.165) is 0 Å². The van der Waals surface area contributed by atoms with Crippen molar-refractivity contribution in [3.63, 3.8) is 0 Å². The first-order chi connectivity index (χ1) is 8.17. The number of nitrogen functional groups attached to an aromatic ring is 1. The van der Waals surface area contributed by atoms with E-state index >= 15 is 0 Å². The van der Waals surface area contributed by atoms with Crippen molar-refractivity contribution in [3.05, 3.63) is 23.9 Å². The number of nitrogens with zero attached hydrogens (tertiary/aromatic N) is 1. The molecule has 1 rings (SSSR count). The van der Waals surface area contributed by atoms with Crippen LogP contribution in [0.5, 0.6) is 0 Å². The Morgan fingerprint density at radius 2 is 2.18 bits per heavy atom. The number of amides is 2. The third kappa shape index (κ3) is 4.07. The van der Waals surface area contributed by atoms with Crippen LogP contribution in [0.2, 0.25) is 0 Å². The summed E-state index contributed by atoms with van der Waals surface area (Å²) in [7, 11) is 0. The largest absolute Gasteiger partial charge is 0.355 e. The average Bonchev–Trinajstić information content (AvgIpc) is 2.36. The number of carbonyl (C=O) groups is 2. The molecule has 1 aromatic heterocycles. The lowest BCUT2D eigenvalue weighted by Gasteiger charge is -2.06. The highest BCUT2D eigenvalue weighted by Gasteiger charge is 2.08. The van der Waals surface area contributed by atoms with Crippen molar-refractivity contribution in [3.8, 4) is 0 Å². The van der Waals surface area contributed by atoms with Gasteiger partial charge in [0.15, 0.2) is 0 Å². The number of pyridine rings is 1. The molecule has 0 saturated carbocycles. The molecule has 0 aliphatic rings. The van der Waals surface area contributed by atoms with E-state index < -0.39 is 0 Å². The molecule has 0 aromatic carbocycles. The van der Waals surface area contributed by atoms with Crippen molar-refractivity contribution < 1.29 is 9.59 Å². The summed E-state index contributed by atoms with van der Waals surface area (Å²) in [6, 6.07) is 3.03. The Morgan fingerprint density at radius 1 is 1.41 bits per heavy atom. The van der Waals surface area contributed by atoms with Crippen LogP contribution in [-0.4, -0.2) is 29.9 Å². The molecule has 0 bridgehead atoms. The summed E-state index contributed by atoms with van der Waals surface area (Å²) in [6.45, 7) is 2.29. The molecule has 0 radical (unpaired) electrons. The second-order valence-corrected chi connectivity index (χ2v) is 3.21. The van der Waals surface area contributed by atoms with Gasteiger partial charge in [0, 0.05) is 18.3 Å². The van der Waals surface area contributed by atoms with Gasteiger partial charge in [-0.2, -0.15) is 0 Å². The molecular weight excluding hydrogens is 222 g/mol. The molecule has 0 saturated heterocycles. The fourth-order valence-corrected chi connectivity index (χ4v) is 1.17. The maximum absolute atomic E-state index is 11.6. The highest BCUT2D eigenvalue weighted by Crippen LogP contribution is 2.04. The van der Waals surface area contributed by atoms with E-state index in [1.807, 2.05) is 6.92 Å². The number of hydrazine groups is 1. The maximum Gasteiger partial charge on any atom is 0.251 e. The van der Waals surface area contributed by atoms with Crippen LogP contribution >= 0.6 is 0 Å². The van der Waals surface area contributed by atoms with Gasteiger partial charge in [0.1, 0.15) is 5.82 Å². The van der Waals surface area contributed by atoms with Gasteiger partial charge in [0.05, 0.1) is 6.54 Å². The van der Waals surface area contributed by atoms with Gasteiger partial charge in [0.2, 0.25) is 5.91 Å². The van der Waals surface area contributed by atoms with Crippen molar-refractivity contribution in [1.82, 2.24) is 15.6 Å². The number of aromatic nitrogens is 1. The lowest BCUT2D eigenvalue weighted by atomic mass is 10.2. The van der Waals surface area contributed by atoms with E-state index in [4.69, 9.17) is 5.84 Å². The summed E-state index contributed by atoms with van der Waals surface area (Å²) in [4.78, 5) is 26.6. The van der Waals surface area contributed by atoms with Gasteiger partial charge in [-0.05, 0) is 19.1 Å². The van der Waals surface area contributed by atoms with Gasteiger partial charge in [0.25, 0.3) is 5.91 Å². The molecule has 0 unspecified atom stereocenters. The summed E-state index contributed by atoms with van der Waals surface area (Å²) in [6.07, 6.45) is 1.45. The smallest absolute Gasteiger partial charge is 0.251 e. The number of carbonyl (C=O) groups excluding carboxylic acids is 2. The zero-order valence-electron chi connectivity index (χ0n) is 9.49. The van der Waals surface area contributed by atoms with Crippen LogP contribution in [0.15, 0.2) is 18.3 Å². The Balaban J connectivity index is 2.54. The van der Waals surface area contributed by atoms with Gasteiger partial charge in [-0.25, -0.2) is 10.8 Å². The molecule has 5 N–H and O–H groups in total. The fourth-order valence-electron chi connectivity index (χ4n) is 1.17. The molecule has 0 spiro atoms. The highest BCUT2D eigenvalue weighted by atomic mass is 16.2. The van der Waals surface area contributed by atoms with Crippen molar-refractivity contribution in [2.75, 3.05) is 18.5 Å². The van der Waals surface area contributed by atoms with Crippen molar-refractivity contribution in [2.45, 2.75) is 6.92 Å². The molecule has 17 heavy (non-hydrogen) atoms. The van der Waals surface area contributed by atoms with Crippen molar-refractivity contribution in [2.24, 2.45) is 5.84 Å². The standard InChI is InChI=1S/C10H15N5O2/c1-2-12-9(16)6-14-10(17)7-3-4-13-8(5-7)15-11/h3-5H,2,6,11H2,1H3,(H,12,16)(H,13,15)(H,14,17). The van der Waals surface area contributed by atoms with Crippen LogP contribution in [0.3, 0.4) is 0 Å². The molecule has 0 aliphatic carbocycles. The minimum atomic E-state index is -0.352. The summed E-state index contributed by atoms with van der Waals surface area (Å²) in [5.41, 5.74) is 2.72. The van der Waals surface area contributed by atoms with Crippen LogP contribution in [0.1, 0.15) is 17.3 Å². The lowest BCUT2D eigenvalue weighted by Crippen LogP contribution is -2.36. The SMILES string of the molecule is CCNC(=O)CNC(=O)c1ccnc(NN)c1. The third-order valence-corrected chi connectivity index (χ3v) is 1.95. The Bertz CT molecular complexity index is 407. The van der Waals surface area contributed by atoms with Crippen molar-refractivity contribution >= 4 is 17.6 Å². The minimum absolute atomic E-state index is 0.0552. The summed E-state index contributed by atoms with van der Waals surface area (Å²) >= 11 is 0. The number of nitrogens with one attached hydrogen (secondary N) is 3. The van der Waals surface area contributed by atoms with Gasteiger partial charge >= 0.3 is 0 Å². The third-order valence-electron chi connectivity index (χ3n) is 1.95. The number of hydrogen-bond donors (Lipinski definition) is 4. The Kier molecular flexibility index (Phi) is 4.89. The minimum Gasteiger partial charge on any atom is -0.355 e. The van der Waals surface area contributed by atoms with Gasteiger partial charge < -0.3 is 16.1 Å².